The summed E-state index contributed by atoms with van der Waals surface area (Å²) in [5.74, 6) is 0.372. The van der Waals surface area contributed by atoms with Crippen LogP contribution in [0.1, 0.15) is 53.4 Å². The second-order valence-corrected chi connectivity index (χ2v) is 8.09. The average molecular weight is 290 g/mol. The zero-order valence-electron chi connectivity index (χ0n) is 12.9. The summed E-state index contributed by atoms with van der Waals surface area (Å²) in [6, 6.07) is 0.155. The number of nitrogens with one attached hydrogen (secondary N) is 1. The Hall–Kier alpha value is -0.130. The number of hydrogen-bond donors (Lipinski definition) is 1. The van der Waals surface area contributed by atoms with Crippen molar-refractivity contribution in [3.63, 3.8) is 0 Å². The van der Waals surface area contributed by atoms with E-state index in [4.69, 9.17) is 0 Å². The van der Waals surface area contributed by atoms with Crippen molar-refractivity contribution in [1.82, 2.24) is 9.62 Å². The molecule has 1 aliphatic heterocycles. The summed E-state index contributed by atoms with van der Waals surface area (Å²) in [4.78, 5) is 0. The van der Waals surface area contributed by atoms with Gasteiger partial charge in [-0.3, -0.25) is 0 Å². The molecule has 0 unspecified atom stereocenters. The van der Waals surface area contributed by atoms with Gasteiger partial charge in [0.15, 0.2) is 0 Å². The standard InChI is InChI=1S/C14H30N2O2S/c1-5-13(6-2)16(11-12(3)4)19(17,18)14-7-9-15-10-8-14/h12-15H,5-11H2,1-4H3. The van der Waals surface area contributed by atoms with Crippen molar-refractivity contribution < 1.29 is 8.42 Å². The van der Waals surface area contributed by atoms with Gasteiger partial charge in [-0.05, 0) is 44.7 Å². The van der Waals surface area contributed by atoms with Gasteiger partial charge in [-0.2, -0.15) is 4.31 Å². The predicted molar refractivity (Wildman–Crippen MR) is 80.7 cm³/mol. The molecule has 114 valence electrons. The van der Waals surface area contributed by atoms with Crippen molar-refractivity contribution in [2.24, 2.45) is 5.92 Å². The fourth-order valence-electron chi connectivity index (χ4n) is 2.80. The van der Waals surface area contributed by atoms with Gasteiger partial charge in [0.1, 0.15) is 0 Å². The molecule has 1 rings (SSSR count). The smallest absolute Gasteiger partial charge is 0.217 e. The normalized spacial score (nSPS) is 18.7. The third-order valence-corrected chi connectivity index (χ3v) is 6.34. The molecule has 0 aromatic carbocycles. The van der Waals surface area contributed by atoms with Crippen LogP contribution in [0.25, 0.3) is 0 Å². The Morgan fingerprint density at radius 3 is 2.11 bits per heavy atom. The Kier molecular flexibility index (Phi) is 6.77. The van der Waals surface area contributed by atoms with E-state index in [0.717, 1.165) is 38.8 Å². The molecule has 0 amide bonds. The van der Waals surface area contributed by atoms with Gasteiger partial charge in [0.2, 0.25) is 10.0 Å². The summed E-state index contributed by atoms with van der Waals surface area (Å²) >= 11 is 0. The van der Waals surface area contributed by atoms with Crippen LogP contribution in [0.4, 0.5) is 0 Å². The van der Waals surface area contributed by atoms with Crippen LogP contribution in [0.15, 0.2) is 0 Å². The molecular formula is C14H30N2O2S. The Labute approximate surface area is 119 Å². The lowest BCUT2D eigenvalue weighted by atomic mass is 10.1. The molecule has 5 heteroatoms. The molecular weight excluding hydrogens is 260 g/mol. The van der Waals surface area contributed by atoms with Crippen LogP contribution in [-0.2, 0) is 10.0 Å². The lowest BCUT2D eigenvalue weighted by molar-refractivity contribution is 0.271. The Balaban J connectivity index is 2.93. The Bertz CT molecular complexity index is 344. The molecule has 19 heavy (non-hydrogen) atoms. The van der Waals surface area contributed by atoms with Gasteiger partial charge in [-0.25, -0.2) is 8.42 Å². The molecule has 1 fully saturated rings. The Morgan fingerprint density at radius 1 is 1.16 bits per heavy atom. The van der Waals surface area contributed by atoms with E-state index in [-0.39, 0.29) is 11.3 Å². The largest absolute Gasteiger partial charge is 0.317 e. The summed E-state index contributed by atoms with van der Waals surface area (Å²) in [5, 5.41) is 3.05. The first kappa shape index (κ1) is 16.9. The van der Waals surface area contributed by atoms with Crippen LogP contribution < -0.4 is 5.32 Å². The predicted octanol–water partition coefficient (Wildman–Crippen LogP) is 2.21. The van der Waals surface area contributed by atoms with Crippen molar-refractivity contribution in [2.75, 3.05) is 19.6 Å². The van der Waals surface area contributed by atoms with Gasteiger partial charge >= 0.3 is 0 Å². The number of nitrogens with zero attached hydrogens (tertiary/aromatic N) is 1. The molecule has 0 aliphatic carbocycles. The van der Waals surface area contributed by atoms with Crippen molar-refractivity contribution in [2.45, 2.75) is 64.7 Å². The molecule has 4 nitrogen and oxygen atoms in total. The highest BCUT2D eigenvalue weighted by molar-refractivity contribution is 7.89. The van der Waals surface area contributed by atoms with E-state index in [1.807, 2.05) is 0 Å². The van der Waals surface area contributed by atoms with E-state index < -0.39 is 10.0 Å². The molecule has 0 aromatic heterocycles. The number of sulfonamides is 1. The molecule has 1 N–H and O–H groups in total. The molecule has 1 heterocycles. The van der Waals surface area contributed by atoms with E-state index in [9.17, 15) is 8.42 Å². The molecule has 1 saturated heterocycles. The molecule has 1 aliphatic rings. The second-order valence-electron chi connectivity index (χ2n) is 5.93. The molecule has 0 bridgehead atoms. The first-order valence-electron chi connectivity index (χ1n) is 7.64. The highest BCUT2D eigenvalue weighted by Crippen LogP contribution is 2.23. The SMILES string of the molecule is CCC(CC)N(CC(C)C)S(=O)(=O)C1CCNCC1. The topological polar surface area (TPSA) is 49.4 Å². The van der Waals surface area contributed by atoms with Gasteiger partial charge < -0.3 is 5.32 Å². The van der Waals surface area contributed by atoms with Gasteiger partial charge in [-0.15, -0.1) is 0 Å². The van der Waals surface area contributed by atoms with Gasteiger partial charge in [-0.1, -0.05) is 27.7 Å². The molecule has 0 atom stereocenters. The summed E-state index contributed by atoms with van der Waals surface area (Å²) < 4.78 is 27.6. The number of hydrogen-bond acceptors (Lipinski definition) is 3. The lowest BCUT2D eigenvalue weighted by Gasteiger charge is -2.35. The zero-order valence-corrected chi connectivity index (χ0v) is 13.7. The molecule has 0 spiro atoms. The quantitative estimate of drug-likeness (QED) is 0.782. The van der Waals surface area contributed by atoms with Crippen LogP contribution in [0.2, 0.25) is 0 Å². The summed E-state index contributed by atoms with van der Waals surface area (Å²) in [5.41, 5.74) is 0. The van der Waals surface area contributed by atoms with Crippen molar-refractivity contribution in [1.29, 1.82) is 0 Å². The molecule has 0 saturated carbocycles. The summed E-state index contributed by atoms with van der Waals surface area (Å²) in [6.45, 7) is 10.6. The van der Waals surface area contributed by atoms with Crippen LogP contribution >= 0.6 is 0 Å². The lowest BCUT2D eigenvalue weighted by Crippen LogP contribution is -2.49. The first-order valence-corrected chi connectivity index (χ1v) is 9.15. The maximum atomic E-state index is 12.9. The van der Waals surface area contributed by atoms with Crippen molar-refractivity contribution in [3.05, 3.63) is 0 Å². The van der Waals surface area contributed by atoms with Gasteiger partial charge in [0.25, 0.3) is 0 Å². The fraction of sp³-hybridized carbons (Fsp3) is 1.00. The fourth-order valence-corrected chi connectivity index (χ4v) is 5.24. The maximum absolute atomic E-state index is 12.9. The van der Waals surface area contributed by atoms with Crippen molar-refractivity contribution in [3.8, 4) is 0 Å². The van der Waals surface area contributed by atoms with E-state index in [1.54, 1.807) is 4.31 Å². The summed E-state index contributed by atoms with van der Waals surface area (Å²) in [6.07, 6.45) is 3.29. The highest BCUT2D eigenvalue weighted by atomic mass is 32.2. The van der Waals surface area contributed by atoms with Gasteiger partial charge in [0, 0.05) is 12.6 Å². The van der Waals surface area contributed by atoms with E-state index in [0.29, 0.717) is 12.5 Å². The monoisotopic (exact) mass is 290 g/mol. The zero-order chi connectivity index (χ0) is 14.5. The van der Waals surface area contributed by atoms with Crippen LogP contribution in [0.5, 0.6) is 0 Å². The minimum absolute atomic E-state index is 0.155. The second kappa shape index (κ2) is 7.60. The van der Waals surface area contributed by atoms with Crippen molar-refractivity contribution >= 4 is 10.0 Å². The third kappa shape index (κ3) is 4.43. The van der Waals surface area contributed by atoms with Crippen LogP contribution in [0, 0.1) is 5.92 Å². The average Bonchev–Trinajstić information content (AvgIpc) is 2.39. The number of rotatable bonds is 7. The highest BCUT2D eigenvalue weighted by Gasteiger charge is 2.36. The molecule has 0 radical (unpaired) electrons. The maximum Gasteiger partial charge on any atom is 0.217 e. The molecule has 0 aromatic rings. The van der Waals surface area contributed by atoms with E-state index in [1.165, 1.54) is 0 Å². The minimum Gasteiger partial charge on any atom is -0.317 e. The van der Waals surface area contributed by atoms with Crippen LogP contribution in [0.3, 0.4) is 0 Å². The minimum atomic E-state index is -3.15. The van der Waals surface area contributed by atoms with E-state index in [2.05, 4.69) is 33.0 Å². The number of piperidine rings is 1. The van der Waals surface area contributed by atoms with Crippen LogP contribution in [-0.4, -0.2) is 43.6 Å². The van der Waals surface area contributed by atoms with E-state index >= 15 is 0 Å². The summed E-state index contributed by atoms with van der Waals surface area (Å²) in [7, 11) is -3.15. The third-order valence-electron chi connectivity index (χ3n) is 3.93. The van der Waals surface area contributed by atoms with Gasteiger partial charge in [0.05, 0.1) is 5.25 Å². The Morgan fingerprint density at radius 2 is 1.68 bits per heavy atom. The first-order chi connectivity index (χ1) is 8.93.